The van der Waals surface area contributed by atoms with Crippen LogP contribution in [0, 0.1) is 0 Å². The van der Waals surface area contributed by atoms with Gasteiger partial charge in [0.05, 0.1) is 12.1 Å². The highest BCUT2D eigenvalue weighted by atomic mass is 35.5. The lowest BCUT2D eigenvalue weighted by Crippen LogP contribution is -2.13. The number of ether oxygens (including phenoxy) is 1. The van der Waals surface area contributed by atoms with Crippen molar-refractivity contribution in [3.05, 3.63) is 22.7 Å². The molecule has 1 aliphatic rings. The van der Waals surface area contributed by atoms with Crippen LogP contribution in [0.25, 0.3) is 0 Å². The van der Waals surface area contributed by atoms with E-state index in [-0.39, 0.29) is 11.8 Å². The van der Waals surface area contributed by atoms with E-state index < -0.39 is 0 Å². The first kappa shape index (κ1) is 10.6. The fraction of sp³-hybridized carbons (Fsp3) is 0.455. The minimum atomic E-state index is 0.146. The van der Waals surface area contributed by atoms with E-state index in [9.17, 15) is 5.11 Å². The van der Waals surface area contributed by atoms with Crippen molar-refractivity contribution in [3.8, 4) is 11.5 Å². The Balaban J connectivity index is 2.43. The lowest BCUT2D eigenvalue weighted by atomic mass is 10.0. The monoisotopic (exact) mass is 227 g/mol. The molecule has 2 N–H and O–H groups in total. The number of phenols is 1. The zero-order valence-electron chi connectivity index (χ0n) is 8.59. The van der Waals surface area contributed by atoms with Gasteiger partial charge < -0.3 is 15.2 Å². The summed E-state index contributed by atoms with van der Waals surface area (Å²) in [6.45, 7) is 0.970. The molecule has 1 unspecified atom stereocenters. The van der Waals surface area contributed by atoms with Crippen molar-refractivity contribution in [2.75, 3.05) is 13.7 Å². The van der Waals surface area contributed by atoms with Crippen LogP contribution in [0.3, 0.4) is 0 Å². The fourth-order valence-electron chi connectivity index (χ4n) is 1.98. The van der Waals surface area contributed by atoms with Gasteiger partial charge >= 0.3 is 0 Å². The van der Waals surface area contributed by atoms with Gasteiger partial charge in [0.1, 0.15) is 11.5 Å². The molecular weight excluding hydrogens is 214 g/mol. The lowest BCUT2D eigenvalue weighted by molar-refractivity contribution is 0.408. The molecule has 4 heteroatoms. The Kier molecular flexibility index (Phi) is 3.03. The number of hydrogen-bond donors (Lipinski definition) is 2. The largest absolute Gasteiger partial charge is 0.508 e. The summed E-state index contributed by atoms with van der Waals surface area (Å²) >= 11 is 6.17. The van der Waals surface area contributed by atoms with Crippen LogP contribution in [-0.2, 0) is 0 Å². The van der Waals surface area contributed by atoms with E-state index >= 15 is 0 Å². The topological polar surface area (TPSA) is 41.5 Å². The minimum Gasteiger partial charge on any atom is -0.508 e. The molecule has 82 valence electrons. The van der Waals surface area contributed by atoms with Crippen LogP contribution in [0.1, 0.15) is 24.4 Å². The van der Waals surface area contributed by atoms with Gasteiger partial charge in [-0.1, -0.05) is 11.6 Å². The average Bonchev–Trinajstić information content (AvgIpc) is 2.71. The molecule has 1 aliphatic heterocycles. The molecule has 1 aromatic rings. The maximum absolute atomic E-state index is 9.79. The van der Waals surface area contributed by atoms with Gasteiger partial charge in [-0.25, -0.2) is 0 Å². The van der Waals surface area contributed by atoms with Crippen LogP contribution in [0.4, 0.5) is 0 Å². The van der Waals surface area contributed by atoms with Crippen molar-refractivity contribution in [3.63, 3.8) is 0 Å². The van der Waals surface area contributed by atoms with Crippen molar-refractivity contribution in [1.29, 1.82) is 0 Å². The summed E-state index contributed by atoms with van der Waals surface area (Å²) in [6.07, 6.45) is 2.11. The Labute approximate surface area is 94.0 Å². The summed E-state index contributed by atoms with van der Waals surface area (Å²) < 4.78 is 5.13. The summed E-state index contributed by atoms with van der Waals surface area (Å²) in [5.74, 6) is 0.846. The van der Waals surface area contributed by atoms with Crippen molar-refractivity contribution in [2.24, 2.45) is 0 Å². The normalized spacial score (nSPS) is 20.5. The number of halogens is 1. The molecule has 0 spiro atoms. The van der Waals surface area contributed by atoms with Gasteiger partial charge in [0.25, 0.3) is 0 Å². The Morgan fingerprint density at radius 3 is 2.93 bits per heavy atom. The molecule has 1 fully saturated rings. The second-order valence-electron chi connectivity index (χ2n) is 3.66. The average molecular weight is 228 g/mol. The van der Waals surface area contributed by atoms with E-state index in [1.54, 1.807) is 19.2 Å². The van der Waals surface area contributed by atoms with Crippen molar-refractivity contribution in [2.45, 2.75) is 18.9 Å². The number of nitrogens with one attached hydrogen (secondary N) is 1. The lowest BCUT2D eigenvalue weighted by Gasteiger charge is -2.16. The second-order valence-corrected chi connectivity index (χ2v) is 4.04. The fourth-order valence-corrected chi connectivity index (χ4v) is 2.35. The SMILES string of the molecule is COc1ccc(O)c(C2CCCN2)c1Cl. The summed E-state index contributed by atoms with van der Waals surface area (Å²) in [5, 5.41) is 13.6. The number of rotatable bonds is 2. The molecule has 0 amide bonds. The van der Waals surface area contributed by atoms with Gasteiger partial charge in [0.15, 0.2) is 0 Å². The van der Waals surface area contributed by atoms with Gasteiger partial charge in [-0.3, -0.25) is 0 Å². The molecule has 1 saturated heterocycles. The van der Waals surface area contributed by atoms with Gasteiger partial charge in [0, 0.05) is 11.6 Å². The Bertz CT molecular complexity index is 362. The molecule has 0 aromatic heterocycles. The zero-order valence-corrected chi connectivity index (χ0v) is 9.34. The molecule has 0 saturated carbocycles. The highest BCUT2D eigenvalue weighted by Crippen LogP contribution is 2.40. The van der Waals surface area contributed by atoms with Crippen molar-refractivity contribution in [1.82, 2.24) is 5.32 Å². The molecule has 0 aliphatic carbocycles. The molecule has 0 bridgehead atoms. The van der Waals surface area contributed by atoms with Crippen LogP contribution in [-0.4, -0.2) is 18.8 Å². The van der Waals surface area contributed by atoms with E-state index in [4.69, 9.17) is 16.3 Å². The highest BCUT2D eigenvalue weighted by Gasteiger charge is 2.23. The molecule has 1 aromatic carbocycles. The summed E-state index contributed by atoms with van der Waals surface area (Å²) in [6, 6.07) is 3.45. The van der Waals surface area contributed by atoms with Crippen LogP contribution in [0.5, 0.6) is 11.5 Å². The van der Waals surface area contributed by atoms with Gasteiger partial charge in [-0.05, 0) is 31.5 Å². The molecule has 15 heavy (non-hydrogen) atoms. The Hall–Kier alpha value is -0.930. The first-order valence-electron chi connectivity index (χ1n) is 5.02. The standard InChI is InChI=1S/C11H14ClNO2/c1-15-9-5-4-8(14)10(11(9)12)7-3-2-6-13-7/h4-5,7,13-14H,2-3,6H2,1H3. The molecule has 3 nitrogen and oxygen atoms in total. The van der Waals surface area contributed by atoms with E-state index in [1.807, 2.05) is 0 Å². The molecule has 0 radical (unpaired) electrons. The van der Waals surface area contributed by atoms with Crippen LogP contribution in [0.2, 0.25) is 5.02 Å². The molecule has 1 heterocycles. The molecule has 1 atom stereocenters. The van der Waals surface area contributed by atoms with Crippen molar-refractivity contribution >= 4 is 11.6 Å². The molecular formula is C11H14ClNO2. The quantitative estimate of drug-likeness (QED) is 0.816. The number of benzene rings is 1. The maximum Gasteiger partial charge on any atom is 0.138 e. The zero-order chi connectivity index (χ0) is 10.8. The van der Waals surface area contributed by atoms with Gasteiger partial charge in [-0.2, -0.15) is 0 Å². The second kappa shape index (κ2) is 4.29. The van der Waals surface area contributed by atoms with E-state index in [0.29, 0.717) is 10.8 Å². The van der Waals surface area contributed by atoms with Crippen LogP contribution < -0.4 is 10.1 Å². The first-order chi connectivity index (χ1) is 7.24. The molecule has 2 rings (SSSR count). The first-order valence-corrected chi connectivity index (χ1v) is 5.40. The van der Waals surface area contributed by atoms with E-state index in [2.05, 4.69) is 5.32 Å². The Morgan fingerprint density at radius 2 is 2.33 bits per heavy atom. The summed E-state index contributed by atoms with van der Waals surface area (Å²) in [4.78, 5) is 0. The number of hydrogen-bond acceptors (Lipinski definition) is 3. The number of phenolic OH excluding ortho intramolecular Hbond substituents is 1. The number of aromatic hydroxyl groups is 1. The van der Waals surface area contributed by atoms with E-state index in [1.165, 1.54) is 0 Å². The summed E-state index contributed by atoms with van der Waals surface area (Å²) in [7, 11) is 1.57. The maximum atomic E-state index is 9.79. The summed E-state index contributed by atoms with van der Waals surface area (Å²) in [5.41, 5.74) is 0.758. The predicted molar refractivity (Wildman–Crippen MR) is 59.6 cm³/mol. The number of methoxy groups -OCH3 is 1. The van der Waals surface area contributed by atoms with Gasteiger partial charge in [0.2, 0.25) is 0 Å². The predicted octanol–water partition coefficient (Wildman–Crippen LogP) is 2.48. The highest BCUT2D eigenvalue weighted by molar-refractivity contribution is 6.33. The third-order valence-electron chi connectivity index (χ3n) is 2.75. The van der Waals surface area contributed by atoms with Gasteiger partial charge in [-0.15, -0.1) is 0 Å². The van der Waals surface area contributed by atoms with E-state index in [0.717, 1.165) is 24.9 Å². The third-order valence-corrected chi connectivity index (χ3v) is 3.14. The third kappa shape index (κ3) is 1.90. The van der Waals surface area contributed by atoms with Crippen LogP contribution in [0.15, 0.2) is 12.1 Å². The van der Waals surface area contributed by atoms with Crippen LogP contribution >= 0.6 is 11.6 Å². The smallest absolute Gasteiger partial charge is 0.138 e. The Morgan fingerprint density at radius 1 is 1.53 bits per heavy atom. The minimum absolute atomic E-state index is 0.146. The van der Waals surface area contributed by atoms with Crippen molar-refractivity contribution < 1.29 is 9.84 Å².